The highest BCUT2D eigenvalue weighted by molar-refractivity contribution is 5.69. The molecule has 0 aliphatic carbocycles. The molecule has 3 aliphatic rings. The number of nitrogens with zero attached hydrogens (tertiary/aromatic N) is 6. The third kappa shape index (κ3) is 6.43. The molecular weight excluding hydrogens is 519 g/mol. The standard InChI is InChI=1S/C25H32F3N7O4/c1-24(2,3)39-23(36)35-8-6-17-19(11-35)30-14-31-20(17)34-7-4-5-15(10-34)32-22-29-9-18(25(26,27)28)21(33-22)38-16-12-37-13-16/h9,14-16H,4-8,10-13H2,1-3H3,(H,29,32,33)/t15-/m1/s1. The zero-order valence-electron chi connectivity index (χ0n) is 22.1. The summed E-state index contributed by atoms with van der Waals surface area (Å²) >= 11 is 0. The van der Waals surface area contributed by atoms with Gasteiger partial charge in [-0.15, -0.1) is 0 Å². The molecule has 1 N–H and O–H groups in total. The molecule has 1 atom stereocenters. The number of anilines is 2. The Hall–Kier alpha value is -3.42. The number of rotatable bonds is 5. The van der Waals surface area contributed by atoms with Crippen LogP contribution in [0, 0.1) is 0 Å². The summed E-state index contributed by atoms with van der Waals surface area (Å²) < 4.78 is 56.4. The Morgan fingerprint density at radius 2 is 1.95 bits per heavy atom. The van der Waals surface area contributed by atoms with Crippen LogP contribution in [0.2, 0.25) is 0 Å². The molecule has 0 aromatic carbocycles. The summed E-state index contributed by atoms with van der Waals surface area (Å²) in [5, 5.41) is 3.18. The number of carbonyl (C=O) groups excluding carboxylic acids is 1. The maximum Gasteiger partial charge on any atom is 0.423 e. The molecule has 1 amide bonds. The summed E-state index contributed by atoms with van der Waals surface area (Å²) in [7, 11) is 0. The minimum Gasteiger partial charge on any atom is -0.469 e. The smallest absolute Gasteiger partial charge is 0.423 e. The SMILES string of the molecule is CC(C)(C)OC(=O)N1CCc2c(ncnc2N2CCC[C@@H](Nc3ncc(C(F)(F)F)c(OC4COC4)n3)C2)C1. The van der Waals surface area contributed by atoms with Gasteiger partial charge in [0.2, 0.25) is 11.8 Å². The predicted molar refractivity (Wildman–Crippen MR) is 134 cm³/mol. The maximum absolute atomic E-state index is 13.5. The second-order valence-electron chi connectivity index (χ2n) is 10.9. The Kier molecular flexibility index (Phi) is 7.40. The molecule has 2 fully saturated rings. The zero-order chi connectivity index (χ0) is 27.8. The summed E-state index contributed by atoms with van der Waals surface area (Å²) in [5.41, 5.74) is 0.166. The van der Waals surface area contributed by atoms with Crippen molar-refractivity contribution in [2.45, 2.75) is 70.5 Å². The molecule has 5 heterocycles. The van der Waals surface area contributed by atoms with Crippen LogP contribution in [0.3, 0.4) is 0 Å². The lowest BCUT2D eigenvalue weighted by molar-refractivity contribution is -0.142. The summed E-state index contributed by atoms with van der Waals surface area (Å²) in [6.07, 6.45) is -1.01. The monoisotopic (exact) mass is 551 g/mol. The fraction of sp³-hybridized carbons (Fsp3) is 0.640. The van der Waals surface area contributed by atoms with Crippen LogP contribution in [0.25, 0.3) is 0 Å². The van der Waals surface area contributed by atoms with Gasteiger partial charge in [0.25, 0.3) is 0 Å². The summed E-state index contributed by atoms with van der Waals surface area (Å²) in [4.78, 5) is 33.3. The number of amides is 1. The molecule has 5 rings (SSSR count). The van der Waals surface area contributed by atoms with E-state index < -0.39 is 29.3 Å². The van der Waals surface area contributed by atoms with Crippen molar-refractivity contribution in [3.63, 3.8) is 0 Å². The number of hydrogen-bond acceptors (Lipinski definition) is 10. The van der Waals surface area contributed by atoms with E-state index in [-0.39, 0.29) is 31.3 Å². The topological polar surface area (TPSA) is 115 Å². The van der Waals surface area contributed by atoms with Crippen LogP contribution in [0.5, 0.6) is 5.88 Å². The minimum atomic E-state index is -4.63. The highest BCUT2D eigenvalue weighted by Crippen LogP contribution is 2.36. The van der Waals surface area contributed by atoms with E-state index >= 15 is 0 Å². The number of hydrogen-bond donors (Lipinski definition) is 1. The number of carbonyl (C=O) groups is 1. The van der Waals surface area contributed by atoms with Gasteiger partial charge in [-0.2, -0.15) is 18.2 Å². The van der Waals surface area contributed by atoms with E-state index in [2.05, 4.69) is 30.2 Å². The van der Waals surface area contributed by atoms with Crippen molar-refractivity contribution in [3.8, 4) is 5.88 Å². The van der Waals surface area contributed by atoms with Gasteiger partial charge >= 0.3 is 12.3 Å². The number of piperidine rings is 1. The first-order valence-corrected chi connectivity index (χ1v) is 13.0. The number of nitrogens with one attached hydrogen (secondary N) is 1. The van der Waals surface area contributed by atoms with E-state index in [9.17, 15) is 18.0 Å². The van der Waals surface area contributed by atoms with Gasteiger partial charge in [-0.1, -0.05) is 0 Å². The van der Waals surface area contributed by atoms with Crippen molar-refractivity contribution in [3.05, 3.63) is 29.3 Å². The van der Waals surface area contributed by atoms with Gasteiger partial charge in [-0.3, -0.25) is 0 Å². The van der Waals surface area contributed by atoms with Gasteiger partial charge in [-0.05, 0) is 40.0 Å². The quantitative estimate of drug-likeness (QED) is 0.593. The van der Waals surface area contributed by atoms with Crippen LogP contribution in [0.15, 0.2) is 12.5 Å². The highest BCUT2D eigenvalue weighted by atomic mass is 19.4. The Morgan fingerprint density at radius 3 is 2.64 bits per heavy atom. The maximum atomic E-state index is 13.5. The molecule has 2 saturated heterocycles. The van der Waals surface area contributed by atoms with E-state index in [0.29, 0.717) is 26.1 Å². The van der Waals surface area contributed by atoms with Crippen LogP contribution in [-0.4, -0.2) is 81.5 Å². The molecule has 3 aliphatic heterocycles. The third-order valence-electron chi connectivity index (χ3n) is 6.64. The Bertz CT molecular complexity index is 1200. The normalized spacial score (nSPS) is 20.2. The van der Waals surface area contributed by atoms with Gasteiger partial charge in [0.1, 0.15) is 29.4 Å². The van der Waals surface area contributed by atoms with E-state index in [1.807, 2.05) is 20.8 Å². The van der Waals surface area contributed by atoms with Gasteiger partial charge in [0, 0.05) is 37.4 Å². The number of ether oxygens (including phenoxy) is 3. The largest absolute Gasteiger partial charge is 0.469 e. The summed E-state index contributed by atoms with van der Waals surface area (Å²) in [5.74, 6) is 0.376. The van der Waals surface area contributed by atoms with Crippen LogP contribution >= 0.6 is 0 Å². The first-order chi connectivity index (χ1) is 18.5. The number of alkyl halides is 3. The van der Waals surface area contributed by atoms with Gasteiger partial charge in [0.15, 0.2) is 0 Å². The van der Waals surface area contributed by atoms with Crippen LogP contribution < -0.4 is 15.0 Å². The van der Waals surface area contributed by atoms with Gasteiger partial charge < -0.3 is 29.3 Å². The molecule has 0 saturated carbocycles. The Labute approximate surface area is 224 Å². The second-order valence-corrected chi connectivity index (χ2v) is 10.9. The lowest BCUT2D eigenvalue weighted by atomic mass is 10.0. The first kappa shape index (κ1) is 27.2. The lowest BCUT2D eigenvalue weighted by Gasteiger charge is -2.37. The van der Waals surface area contributed by atoms with E-state index in [1.54, 1.807) is 4.90 Å². The fourth-order valence-electron chi connectivity index (χ4n) is 4.72. The van der Waals surface area contributed by atoms with Gasteiger partial charge in [-0.25, -0.2) is 19.7 Å². The predicted octanol–water partition coefficient (Wildman–Crippen LogP) is 3.44. The van der Waals surface area contributed by atoms with Crippen molar-refractivity contribution in [1.29, 1.82) is 0 Å². The molecule has 14 heteroatoms. The number of fused-ring (bicyclic) bond motifs is 1. The molecule has 0 unspecified atom stereocenters. The second kappa shape index (κ2) is 10.6. The molecule has 0 spiro atoms. The molecular formula is C25H32F3N7O4. The molecule has 2 aromatic heterocycles. The molecule has 212 valence electrons. The molecule has 0 bridgehead atoms. The Balaban J connectivity index is 1.28. The first-order valence-electron chi connectivity index (χ1n) is 13.0. The number of halogens is 3. The average Bonchev–Trinajstić information content (AvgIpc) is 2.84. The lowest BCUT2D eigenvalue weighted by Crippen LogP contribution is -2.44. The molecule has 0 radical (unpaired) electrons. The minimum absolute atomic E-state index is 0.0720. The number of aromatic nitrogens is 4. The summed E-state index contributed by atoms with van der Waals surface area (Å²) in [6, 6.07) is -0.122. The third-order valence-corrected chi connectivity index (χ3v) is 6.64. The highest BCUT2D eigenvalue weighted by Gasteiger charge is 2.38. The summed E-state index contributed by atoms with van der Waals surface area (Å²) in [6.45, 7) is 8.08. The van der Waals surface area contributed by atoms with Crippen molar-refractivity contribution >= 4 is 17.9 Å². The average molecular weight is 552 g/mol. The van der Waals surface area contributed by atoms with Crippen LogP contribution in [0.1, 0.15) is 50.4 Å². The van der Waals surface area contributed by atoms with Crippen molar-refractivity contribution in [1.82, 2.24) is 24.8 Å². The van der Waals surface area contributed by atoms with E-state index in [1.165, 1.54) is 6.33 Å². The molecule has 39 heavy (non-hydrogen) atoms. The van der Waals surface area contributed by atoms with Crippen LogP contribution in [0.4, 0.5) is 29.7 Å². The fourth-order valence-corrected chi connectivity index (χ4v) is 4.72. The van der Waals surface area contributed by atoms with E-state index in [0.717, 1.165) is 42.7 Å². The molecule has 11 nitrogen and oxygen atoms in total. The van der Waals surface area contributed by atoms with Crippen molar-refractivity contribution in [2.75, 3.05) is 43.1 Å². The van der Waals surface area contributed by atoms with Crippen molar-refractivity contribution < 1.29 is 32.2 Å². The molecule has 2 aromatic rings. The Morgan fingerprint density at radius 1 is 1.15 bits per heavy atom. The van der Waals surface area contributed by atoms with Crippen molar-refractivity contribution in [2.24, 2.45) is 0 Å². The zero-order valence-corrected chi connectivity index (χ0v) is 22.1. The van der Waals surface area contributed by atoms with Crippen LogP contribution in [-0.2, 0) is 28.6 Å². The van der Waals surface area contributed by atoms with Gasteiger partial charge in [0.05, 0.1) is 25.5 Å². The van der Waals surface area contributed by atoms with E-state index in [4.69, 9.17) is 14.2 Å².